The Morgan fingerprint density at radius 3 is 2.28 bits per heavy atom. The summed E-state index contributed by atoms with van der Waals surface area (Å²) in [6.07, 6.45) is 0.206. The maximum atomic E-state index is 14.3. The normalized spacial score (nSPS) is 23.6. The molecule has 0 bridgehead atoms. The predicted molar refractivity (Wildman–Crippen MR) is 143 cm³/mol. The first-order valence-electron chi connectivity index (χ1n) is 11.9. The number of halogens is 2. The third-order valence-corrected chi connectivity index (χ3v) is 8.16. The van der Waals surface area contributed by atoms with Crippen LogP contribution in [0.2, 0.25) is 10.0 Å². The number of carboxylic acid groups (broad SMARTS) is 1. The third-order valence-electron chi connectivity index (χ3n) is 7.05. The van der Waals surface area contributed by atoms with Gasteiger partial charge < -0.3 is 10.0 Å². The average molecular weight is 555 g/mol. The van der Waals surface area contributed by atoms with Gasteiger partial charge in [-0.1, -0.05) is 75.2 Å². The highest BCUT2D eigenvalue weighted by Crippen LogP contribution is 2.53. The van der Waals surface area contributed by atoms with Gasteiger partial charge in [0, 0.05) is 27.8 Å². The molecule has 0 saturated carbocycles. The van der Waals surface area contributed by atoms with Crippen molar-refractivity contribution in [1.29, 1.82) is 0 Å². The molecule has 0 aliphatic carbocycles. The first-order valence-corrected chi connectivity index (χ1v) is 14.0. The molecule has 1 aliphatic rings. The number of hydrogen-bond donors (Lipinski definition) is 2. The molecule has 0 spiro atoms. The minimum atomic E-state index is -2.65. The molecule has 4 atom stereocenters. The zero-order valence-electron chi connectivity index (χ0n) is 20.9. The fourth-order valence-electron chi connectivity index (χ4n) is 5.44. The number of benzene rings is 2. The van der Waals surface area contributed by atoms with Crippen molar-refractivity contribution in [1.82, 2.24) is 4.90 Å². The Kier molecular flexibility index (Phi) is 8.79. The standard InChI is InChI=1S/C27H33Cl2NO5S/c1-26(2,3)22(12-13-36(34)35)30-24(17-8-10-19(28)11-9-17)21(18-6-5-7-20(29)14-18)15-27(4,25(30)33)16-23(31)32/h5-11,14,21-22,24,36H,12-13,15-16H2,1-4H3,(H,31,32). The largest absolute Gasteiger partial charge is 0.481 e. The second kappa shape index (κ2) is 11.1. The fraction of sp³-hybridized carbons (Fsp3) is 0.481. The molecule has 3 rings (SSSR count). The zero-order valence-corrected chi connectivity index (χ0v) is 23.3. The van der Waals surface area contributed by atoms with Crippen LogP contribution < -0.4 is 0 Å². The highest BCUT2D eigenvalue weighted by Gasteiger charge is 2.53. The first kappa shape index (κ1) is 28.5. The Bertz CT molecular complexity index is 1180. The van der Waals surface area contributed by atoms with Crippen LogP contribution in [0.5, 0.6) is 0 Å². The number of carbonyl (C=O) groups is 2. The number of aliphatic carboxylic acids is 1. The molecular formula is C27H33Cl2NO5S. The molecule has 6 nitrogen and oxygen atoms in total. The van der Waals surface area contributed by atoms with Gasteiger partial charge >= 0.3 is 5.97 Å². The summed E-state index contributed by atoms with van der Waals surface area (Å²) >= 11 is 12.5. The number of rotatable bonds is 8. The van der Waals surface area contributed by atoms with E-state index in [4.69, 9.17) is 23.2 Å². The molecule has 1 N–H and O–H groups in total. The van der Waals surface area contributed by atoms with Gasteiger partial charge in [-0.25, -0.2) is 8.42 Å². The van der Waals surface area contributed by atoms with E-state index in [1.54, 1.807) is 30.0 Å². The van der Waals surface area contributed by atoms with Gasteiger partial charge in [-0.3, -0.25) is 9.59 Å². The summed E-state index contributed by atoms with van der Waals surface area (Å²) in [6.45, 7) is 7.61. The second-order valence-corrected chi connectivity index (χ2v) is 12.9. The summed E-state index contributed by atoms with van der Waals surface area (Å²) in [7, 11) is -2.65. The number of carboxylic acids is 1. The number of amides is 1. The summed E-state index contributed by atoms with van der Waals surface area (Å²) < 4.78 is 23.2. The summed E-state index contributed by atoms with van der Waals surface area (Å²) in [4.78, 5) is 27.9. The van der Waals surface area contributed by atoms with E-state index in [1.165, 1.54) is 0 Å². The molecule has 0 radical (unpaired) electrons. The molecule has 196 valence electrons. The van der Waals surface area contributed by atoms with Crippen molar-refractivity contribution in [3.8, 4) is 0 Å². The molecule has 36 heavy (non-hydrogen) atoms. The van der Waals surface area contributed by atoms with E-state index in [0.29, 0.717) is 16.5 Å². The molecule has 2 aromatic carbocycles. The molecule has 0 aromatic heterocycles. The lowest BCUT2D eigenvalue weighted by atomic mass is 9.66. The Morgan fingerprint density at radius 1 is 1.11 bits per heavy atom. The third kappa shape index (κ3) is 6.42. The van der Waals surface area contributed by atoms with Crippen molar-refractivity contribution in [3.05, 3.63) is 69.7 Å². The van der Waals surface area contributed by atoms with Gasteiger partial charge in [0.15, 0.2) is 0 Å². The van der Waals surface area contributed by atoms with Crippen LogP contribution in [0.3, 0.4) is 0 Å². The van der Waals surface area contributed by atoms with Crippen molar-refractivity contribution in [2.45, 2.75) is 65.0 Å². The van der Waals surface area contributed by atoms with Crippen molar-refractivity contribution in [3.63, 3.8) is 0 Å². The Balaban J connectivity index is 2.30. The van der Waals surface area contributed by atoms with Gasteiger partial charge in [-0.15, -0.1) is 0 Å². The first-order chi connectivity index (χ1) is 16.7. The van der Waals surface area contributed by atoms with E-state index in [9.17, 15) is 23.1 Å². The molecule has 1 saturated heterocycles. The lowest BCUT2D eigenvalue weighted by Crippen LogP contribution is -2.59. The van der Waals surface area contributed by atoms with E-state index < -0.39 is 39.6 Å². The van der Waals surface area contributed by atoms with E-state index in [-0.39, 0.29) is 30.4 Å². The van der Waals surface area contributed by atoms with Crippen LogP contribution in [-0.2, 0) is 20.3 Å². The Hall–Kier alpha value is -2.09. The molecule has 1 fully saturated rings. The van der Waals surface area contributed by atoms with E-state index in [1.807, 2.05) is 51.1 Å². The van der Waals surface area contributed by atoms with Gasteiger partial charge in [-0.2, -0.15) is 0 Å². The minimum Gasteiger partial charge on any atom is -0.481 e. The highest BCUT2D eigenvalue weighted by atomic mass is 35.5. The quantitative estimate of drug-likeness (QED) is 0.394. The number of nitrogens with zero attached hydrogens (tertiary/aromatic N) is 1. The van der Waals surface area contributed by atoms with Crippen molar-refractivity contribution < 1.29 is 23.1 Å². The maximum Gasteiger partial charge on any atom is 0.304 e. The number of hydrogen-bond acceptors (Lipinski definition) is 4. The second-order valence-electron chi connectivity index (χ2n) is 10.9. The summed E-state index contributed by atoms with van der Waals surface area (Å²) in [5.41, 5.74) is 0.0618. The number of carbonyl (C=O) groups excluding carboxylic acids is 1. The monoisotopic (exact) mass is 553 g/mol. The van der Waals surface area contributed by atoms with Gasteiger partial charge in [0.1, 0.15) is 10.7 Å². The van der Waals surface area contributed by atoms with Gasteiger partial charge in [0.05, 0.1) is 17.9 Å². The molecule has 2 aromatic rings. The van der Waals surface area contributed by atoms with Crippen LogP contribution in [0.25, 0.3) is 0 Å². The number of piperidine rings is 1. The molecule has 1 aliphatic heterocycles. The van der Waals surface area contributed by atoms with Crippen molar-refractivity contribution >= 4 is 45.8 Å². The molecule has 1 heterocycles. The topological polar surface area (TPSA) is 91.8 Å². The predicted octanol–water partition coefficient (Wildman–Crippen LogP) is 5.95. The summed E-state index contributed by atoms with van der Waals surface area (Å²) in [5, 5.41) is 10.8. The SMILES string of the molecule is CC1(CC(=O)O)CC(c2cccc(Cl)c2)C(c2ccc(Cl)cc2)N(C(CC[SH](=O)=O)C(C)(C)C)C1=O. The van der Waals surface area contributed by atoms with Gasteiger partial charge in [0.25, 0.3) is 0 Å². The number of likely N-dealkylation sites (tertiary alicyclic amines) is 1. The van der Waals surface area contributed by atoms with Crippen LogP contribution in [0.4, 0.5) is 0 Å². The van der Waals surface area contributed by atoms with Crippen LogP contribution in [0.15, 0.2) is 48.5 Å². The molecule has 4 unspecified atom stereocenters. The summed E-state index contributed by atoms with van der Waals surface area (Å²) in [5.74, 6) is -1.70. The van der Waals surface area contributed by atoms with Gasteiger partial charge in [0.2, 0.25) is 5.91 Å². The Morgan fingerprint density at radius 2 is 1.75 bits per heavy atom. The van der Waals surface area contributed by atoms with Crippen LogP contribution in [0, 0.1) is 10.8 Å². The van der Waals surface area contributed by atoms with E-state index >= 15 is 0 Å². The molecule has 1 amide bonds. The average Bonchev–Trinajstić information content (AvgIpc) is 2.75. The van der Waals surface area contributed by atoms with Gasteiger partial charge in [-0.05, 0) is 53.6 Å². The number of thiol groups is 1. The smallest absolute Gasteiger partial charge is 0.304 e. The van der Waals surface area contributed by atoms with E-state index in [0.717, 1.165) is 11.1 Å². The molecular weight excluding hydrogens is 521 g/mol. The van der Waals surface area contributed by atoms with Crippen molar-refractivity contribution in [2.24, 2.45) is 10.8 Å². The van der Waals surface area contributed by atoms with Crippen LogP contribution >= 0.6 is 23.2 Å². The highest BCUT2D eigenvalue weighted by molar-refractivity contribution is 7.72. The van der Waals surface area contributed by atoms with Crippen molar-refractivity contribution in [2.75, 3.05) is 5.75 Å². The minimum absolute atomic E-state index is 0.0775. The van der Waals surface area contributed by atoms with Crippen LogP contribution in [0.1, 0.15) is 70.0 Å². The zero-order chi connectivity index (χ0) is 26.8. The maximum absolute atomic E-state index is 14.3. The van der Waals surface area contributed by atoms with Crippen LogP contribution in [-0.4, -0.2) is 42.1 Å². The lowest BCUT2D eigenvalue weighted by Gasteiger charge is -2.54. The Labute approximate surface area is 224 Å². The summed E-state index contributed by atoms with van der Waals surface area (Å²) in [6, 6.07) is 13.7. The van der Waals surface area contributed by atoms with E-state index in [2.05, 4.69) is 0 Å². The fourth-order valence-corrected chi connectivity index (χ4v) is 6.22. The molecule has 9 heteroatoms. The lowest BCUT2D eigenvalue weighted by molar-refractivity contribution is -0.163.